The summed E-state index contributed by atoms with van der Waals surface area (Å²) in [6.45, 7) is 52.9. The SMILES string of the molecule is CC(=Nc1c(C(C)C)cc(C)cc1C(C)C)c1cccc(C(C)=Nc2c(C(C)C)cc(C)cc2C(C)C)n1.CC(=Nc1c(C(C)C)cc(C)cc1C(C)C)c1cccc(C(C)=Nc2c(C(C)C)cc(C)cc2C(C)C)n1.[Co+].[Co+].[O-]c1cc2ccccc2cc1[O-]. The maximum atomic E-state index is 10.9. The van der Waals surface area contributed by atoms with Gasteiger partial charge in [-0.3, -0.25) is 20.0 Å². The molecule has 8 rings (SSSR count). The van der Waals surface area contributed by atoms with E-state index < -0.39 is 11.5 Å². The third-order valence-electron chi connectivity index (χ3n) is 16.1. The summed E-state index contributed by atoms with van der Waals surface area (Å²) in [6, 6.07) is 40.7. The number of rotatable bonds is 16. The predicted octanol–water partition coefficient (Wildman–Crippen LogP) is 21.9. The Balaban J connectivity index is 0.000000317. The van der Waals surface area contributed by atoms with Gasteiger partial charge in [-0.05, 0) is 182 Å². The van der Waals surface area contributed by atoms with Gasteiger partial charge in [0.05, 0.1) is 68.4 Å². The summed E-state index contributed by atoms with van der Waals surface area (Å²) in [5, 5.41) is 23.5. The van der Waals surface area contributed by atoms with Crippen LogP contribution in [0.25, 0.3) is 10.8 Å². The number of aromatic nitrogens is 2. The van der Waals surface area contributed by atoms with Crippen LogP contribution in [-0.4, -0.2) is 32.8 Å². The molecule has 6 aromatic carbocycles. The fourth-order valence-electron chi connectivity index (χ4n) is 11.2. The van der Waals surface area contributed by atoms with Gasteiger partial charge in [0.1, 0.15) is 0 Å². The van der Waals surface area contributed by atoms with Crippen molar-refractivity contribution in [3.63, 3.8) is 0 Å². The van der Waals surface area contributed by atoms with Crippen LogP contribution in [0.4, 0.5) is 22.7 Å². The molecule has 0 atom stereocenters. The van der Waals surface area contributed by atoms with E-state index in [0.717, 1.165) is 79.1 Å². The Kier molecular flexibility index (Phi) is 28.1. The Labute approximate surface area is 562 Å². The first-order valence-electron chi connectivity index (χ1n) is 32.0. The second-order valence-electron chi connectivity index (χ2n) is 26.7. The van der Waals surface area contributed by atoms with Gasteiger partial charge in [-0.2, -0.15) is 0 Å². The smallest absolute Gasteiger partial charge is 0.873 e. The summed E-state index contributed by atoms with van der Waals surface area (Å²) in [4.78, 5) is 30.9. The van der Waals surface area contributed by atoms with Crippen molar-refractivity contribution in [2.45, 2.75) is 214 Å². The quantitative estimate of drug-likeness (QED) is 0.0894. The molecule has 0 unspecified atom stereocenters. The molecule has 0 saturated heterocycles. The van der Waals surface area contributed by atoms with Crippen molar-refractivity contribution >= 4 is 56.4 Å². The summed E-state index contributed by atoms with van der Waals surface area (Å²) in [7, 11) is 0. The molecule has 0 aliphatic carbocycles. The molecule has 480 valence electrons. The van der Waals surface area contributed by atoms with Crippen LogP contribution < -0.4 is 10.2 Å². The Hall–Kier alpha value is -6.83. The van der Waals surface area contributed by atoms with E-state index in [2.05, 4.69) is 251 Å². The first-order chi connectivity index (χ1) is 41.4. The van der Waals surface area contributed by atoms with Gasteiger partial charge in [-0.1, -0.05) is 230 Å². The van der Waals surface area contributed by atoms with Gasteiger partial charge >= 0.3 is 33.6 Å². The van der Waals surface area contributed by atoms with Crippen molar-refractivity contribution in [3.05, 3.63) is 211 Å². The maximum absolute atomic E-state index is 10.9. The molecule has 0 saturated carbocycles. The third-order valence-corrected chi connectivity index (χ3v) is 16.1. The van der Waals surface area contributed by atoms with E-state index in [1.807, 2.05) is 24.3 Å². The van der Waals surface area contributed by atoms with Crippen molar-refractivity contribution in [1.29, 1.82) is 0 Å². The second kappa shape index (κ2) is 33.5. The zero-order chi connectivity index (χ0) is 65.2. The molecular formula is C80H100Co2N6O2. The van der Waals surface area contributed by atoms with E-state index in [-0.39, 0.29) is 33.6 Å². The van der Waals surface area contributed by atoms with Crippen molar-refractivity contribution < 1.29 is 43.8 Å². The minimum atomic E-state index is -0.436. The van der Waals surface area contributed by atoms with Crippen molar-refractivity contribution in [2.24, 2.45) is 20.0 Å². The van der Waals surface area contributed by atoms with Crippen LogP contribution in [0, 0.1) is 27.7 Å². The van der Waals surface area contributed by atoms with Crippen LogP contribution in [-0.2, 0) is 33.6 Å². The molecule has 8 aromatic rings. The summed E-state index contributed by atoms with van der Waals surface area (Å²) < 4.78 is 0. The van der Waals surface area contributed by atoms with E-state index in [1.54, 1.807) is 0 Å². The van der Waals surface area contributed by atoms with Crippen molar-refractivity contribution in [3.8, 4) is 11.5 Å². The van der Waals surface area contributed by atoms with Gasteiger partial charge in [0.2, 0.25) is 0 Å². The summed E-state index contributed by atoms with van der Waals surface area (Å²) >= 11 is 0. The molecule has 8 nitrogen and oxygen atoms in total. The monoisotopic (exact) mass is 1290 g/mol. The fraction of sp³-hybridized carbons (Fsp3) is 0.400. The summed E-state index contributed by atoms with van der Waals surface area (Å²) in [5.41, 5.74) is 27.2. The van der Waals surface area contributed by atoms with E-state index in [0.29, 0.717) is 47.3 Å². The Bertz CT molecular complexity index is 3330. The Morgan fingerprint density at radius 1 is 0.289 bits per heavy atom. The molecule has 2 aromatic heterocycles. The molecule has 0 amide bonds. The number of aryl methyl sites for hydroxylation is 4. The fourth-order valence-corrected chi connectivity index (χ4v) is 11.2. The predicted molar refractivity (Wildman–Crippen MR) is 376 cm³/mol. The second-order valence-corrected chi connectivity index (χ2v) is 26.7. The molecule has 0 aliphatic rings. The topological polar surface area (TPSA) is 121 Å². The van der Waals surface area contributed by atoms with Gasteiger partial charge < -0.3 is 10.2 Å². The van der Waals surface area contributed by atoms with E-state index in [1.165, 1.54) is 78.9 Å². The molecule has 0 bridgehead atoms. The first kappa shape index (κ1) is 75.6. The summed E-state index contributed by atoms with van der Waals surface area (Å²) in [6.07, 6.45) is 0. The minimum absolute atomic E-state index is 0. The minimum Gasteiger partial charge on any atom is -0.873 e. The van der Waals surface area contributed by atoms with Crippen molar-refractivity contribution in [1.82, 2.24) is 9.97 Å². The van der Waals surface area contributed by atoms with Crippen LogP contribution in [0.1, 0.15) is 275 Å². The number of nitrogens with zero attached hydrogens (tertiary/aromatic N) is 6. The molecule has 0 fully saturated rings. The number of benzene rings is 6. The van der Waals surface area contributed by atoms with Gasteiger partial charge in [-0.25, -0.2) is 9.97 Å². The van der Waals surface area contributed by atoms with Gasteiger partial charge in [-0.15, -0.1) is 11.5 Å². The van der Waals surface area contributed by atoms with Crippen LogP contribution >= 0.6 is 0 Å². The number of pyridine rings is 2. The third kappa shape index (κ3) is 19.4. The largest absolute Gasteiger partial charge is 1.00 e. The van der Waals surface area contributed by atoms with Crippen molar-refractivity contribution in [2.75, 3.05) is 0 Å². The normalized spacial score (nSPS) is 12.3. The van der Waals surface area contributed by atoms with E-state index >= 15 is 0 Å². The number of aliphatic imine (C=N–C) groups is 4. The zero-order valence-corrected chi connectivity index (χ0v) is 60.4. The molecule has 0 aliphatic heterocycles. The molecule has 2 heterocycles. The molecule has 0 N–H and O–H groups in total. The zero-order valence-electron chi connectivity index (χ0n) is 58.3. The average molecular weight is 1300 g/mol. The molecule has 10 heteroatoms. The molecular weight excluding hydrogens is 1190 g/mol. The number of fused-ring (bicyclic) bond motifs is 1. The number of hydrogen-bond acceptors (Lipinski definition) is 8. The molecule has 0 spiro atoms. The van der Waals surface area contributed by atoms with Crippen LogP contribution in [0.5, 0.6) is 11.5 Å². The van der Waals surface area contributed by atoms with Gasteiger partial charge in [0, 0.05) is 0 Å². The van der Waals surface area contributed by atoms with Crippen LogP contribution in [0.2, 0.25) is 0 Å². The van der Waals surface area contributed by atoms with Gasteiger partial charge in [0.25, 0.3) is 0 Å². The van der Waals surface area contributed by atoms with E-state index in [9.17, 15) is 10.2 Å². The number of hydrogen-bond donors (Lipinski definition) is 0. The average Bonchev–Trinajstić information content (AvgIpc) is 0.987. The first-order valence-corrected chi connectivity index (χ1v) is 32.0. The molecule has 90 heavy (non-hydrogen) atoms. The Morgan fingerprint density at radius 3 is 0.633 bits per heavy atom. The van der Waals surface area contributed by atoms with E-state index in [4.69, 9.17) is 29.9 Å². The van der Waals surface area contributed by atoms with Crippen LogP contribution in [0.3, 0.4) is 0 Å². The molecule has 0 radical (unpaired) electrons. The van der Waals surface area contributed by atoms with Crippen LogP contribution in [0.15, 0.2) is 141 Å². The van der Waals surface area contributed by atoms with Gasteiger partial charge in [0.15, 0.2) is 0 Å². The summed E-state index contributed by atoms with van der Waals surface area (Å²) in [5.74, 6) is 2.29. The maximum Gasteiger partial charge on any atom is 1.00 e. The Morgan fingerprint density at radius 2 is 0.467 bits per heavy atom. The standard InChI is InChI=1S/2C35H47N3.C10H8O2.2Co/c2*1-20(2)28-16-24(9)17-29(21(3)4)34(28)36-26(11)32-14-13-15-33(38-32)27(12)37-35-30(22(5)6)18-25(10)19-31(35)23(7)8;11-9-5-7-3-1-2-4-8(7)6-10(9)12;;/h2*13-23H,1-12H3;1-6,11-12H;;/q;;;2*+1/p-2.